The minimum absolute atomic E-state index is 0.00437. The first-order valence-electron chi connectivity index (χ1n) is 7.75. The Bertz CT molecular complexity index is 583. The van der Waals surface area contributed by atoms with Crippen molar-refractivity contribution in [3.8, 4) is 0 Å². The molecular weight excluding hydrogens is 298 g/mol. The molecule has 2 amide bonds. The number of carbonyl (C=O) groups is 2. The number of piperazine rings is 1. The Morgan fingerprint density at radius 2 is 2.05 bits per heavy atom. The topological polar surface area (TPSA) is 52.6 Å². The van der Waals surface area contributed by atoms with Crippen LogP contribution in [0.25, 0.3) is 0 Å². The van der Waals surface area contributed by atoms with Crippen molar-refractivity contribution in [3.05, 3.63) is 23.8 Å². The summed E-state index contributed by atoms with van der Waals surface area (Å²) in [5, 5.41) is 2.84. The molecule has 118 valence electrons. The van der Waals surface area contributed by atoms with E-state index in [9.17, 15) is 9.59 Å². The van der Waals surface area contributed by atoms with Crippen LogP contribution in [0, 0.1) is 0 Å². The molecule has 2 heterocycles. The zero-order valence-electron chi connectivity index (χ0n) is 12.8. The number of rotatable bonds is 3. The number of nitrogens with zero attached hydrogens (tertiary/aromatic N) is 2. The number of hydrogen-bond donors (Lipinski definition) is 1. The Hall–Kier alpha value is -1.53. The van der Waals surface area contributed by atoms with E-state index in [0.717, 1.165) is 49.7 Å². The molecule has 2 aliphatic heterocycles. The summed E-state index contributed by atoms with van der Waals surface area (Å²) in [7, 11) is 0. The molecule has 0 bridgehead atoms. The first-order valence-corrected chi connectivity index (χ1v) is 8.74. The van der Waals surface area contributed by atoms with Crippen molar-refractivity contribution in [2.24, 2.45) is 0 Å². The second kappa shape index (κ2) is 6.71. The van der Waals surface area contributed by atoms with Crippen LogP contribution < -0.4 is 5.32 Å². The summed E-state index contributed by atoms with van der Waals surface area (Å²) < 4.78 is 0. The van der Waals surface area contributed by atoms with E-state index in [1.54, 1.807) is 6.07 Å². The lowest BCUT2D eigenvalue weighted by atomic mass is 10.1. The molecule has 1 N–H and O–H groups in total. The number of benzene rings is 1. The summed E-state index contributed by atoms with van der Waals surface area (Å²) in [5.74, 6) is 0.499. The molecule has 0 atom stereocenters. The minimum Gasteiger partial charge on any atom is -0.336 e. The molecule has 0 saturated carbocycles. The van der Waals surface area contributed by atoms with Gasteiger partial charge in [-0.1, -0.05) is 6.92 Å². The molecule has 0 spiro atoms. The minimum atomic E-state index is -0.00437. The third-order valence-electron chi connectivity index (χ3n) is 4.06. The van der Waals surface area contributed by atoms with Crippen LogP contribution in [0.4, 0.5) is 5.69 Å². The van der Waals surface area contributed by atoms with Crippen LogP contribution in [0.3, 0.4) is 0 Å². The third kappa shape index (κ3) is 3.28. The van der Waals surface area contributed by atoms with E-state index in [2.05, 4.69) is 17.1 Å². The second-order valence-electron chi connectivity index (χ2n) is 5.68. The van der Waals surface area contributed by atoms with E-state index in [4.69, 9.17) is 0 Å². The average molecular weight is 319 g/mol. The summed E-state index contributed by atoms with van der Waals surface area (Å²) in [6.45, 7) is 6.71. The van der Waals surface area contributed by atoms with Crippen molar-refractivity contribution < 1.29 is 9.59 Å². The molecule has 5 nitrogen and oxygen atoms in total. The van der Waals surface area contributed by atoms with E-state index in [1.165, 1.54) is 11.8 Å². The Labute approximate surface area is 135 Å². The second-order valence-corrected chi connectivity index (χ2v) is 6.70. The van der Waals surface area contributed by atoms with Gasteiger partial charge in [-0.05, 0) is 31.2 Å². The standard InChI is InChI=1S/C16H21N3O2S/c1-2-5-18-6-8-19(9-7-18)16(21)12-3-4-14-13(10-12)17-15(20)11-22-14/h3-4,10H,2,5-9,11H2,1H3,(H,17,20). The number of hydrogen-bond acceptors (Lipinski definition) is 4. The van der Waals surface area contributed by atoms with Gasteiger partial charge in [0.2, 0.25) is 5.91 Å². The predicted molar refractivity (Wildman–Crippen MR) is 88.4 cm³/mol. The third-order valence-corrected chi connectivity index (χ3v) is 5.13. The molecule has 0 aliphatic carbocycles. The Morgan fingerprint density at radius 3 is 2.77 bits per heavy atom. The van der Waals surface area contributed by atoms with E-state index < -0.39 is 0 Å². The molecule has 1 fully saturated rings. The Morgan fingerprint density at radius 1 is 1.27 bits per heavy atom. The zero-order chi connectivity index (χ0) is 15.5. The maximum atomic E-state index is 12.6. The van der Waals surface area contributed by atoms with Crippen molar-refractivity contribution in [2.75, 3.05) is 43.8 Å². The number of thioether (sulfide) groups is 1. The predicted octanol–water partition coefficient (Wildman–Crippen LogP) is 1.90. The van der Waals surface area contributed by atoms with E-state index in [-0.39, 0.29) is 11.8 Å². The molecule has 22 heavy (non-hydrogen) atoms. The maximum Gasteiger partial charge on any atom is 0.254 e. The van der Waals surface area contributed by atoms with Crippen LogP contribution in [0.2, 0.25) is 0 Å². The van der Waals surface area contributed by atoms with Crippen LogP contribution in [0.1, 0.15) is 23.7 Å². The fourth-order valence-corrected chi connectivity index (χ4v) is 3.68. The van der Waals surface area contributed by atoms with E-state index in [0.29, 0.717) is 11.3 Å². The van der Waals surface area contributed by atoms with Gasteiger partial charge < -0.3 is 10.2 Å². The lowest BCUT2D eigenvalue weighted by Crippen LogP contribution is -2.48. The van der Waals surface area contributed by atoms with Gasteiger partial charge in [0.1, 0.15) is 0 Å². The monoisotopic (exact) mass is 319 g/mol. The SMILES string of the molecule is CCCN1CCN(C(=O)c2ccc3c(c2)NC(=O)CS3)CC1. The highest BCUT2D eigenvalue weighted by molar-refractivity contribution is 8.00. The lowest BCUT2D eigenvalue weighted by molar-refractivity contribution is -0.113. The molecule has 0 radical (unpaired) electrons. The van der Waals surface area contributed by atoms with Crippen molar-refractivity contribution in [3.63, 3.8) is 0 Å². The lowest BCUT2D eigenvalue weighted by Gasteiger charge is -2.34. The van der Waals surface area contributed by atoms with Crippen LogP contribution in [-0.4, -0.2) is 60.1 Å². The van der Waals surface area contributed by atoms with Crippen molar-refractivity contribution in [1.82, 2.24) is 9.80 Å². The summed E-state index contributed by atoms with van der Waals surface area (Å²) >= 11 is 1.51. The maximum absolute atomic E-state index is 12.6. The van der Waals surface area contributed by atoms with Gasteiger partial charge in [-0.2, -0.15) is 0 Å². The van der Waals surface area contributed by atoms with Gasteiger partial charge in [0.15, 0.2) is 0 Å². The fourth-order valence-electron chi connectivity index (χ4n) is 2.89. The fraction of sp³-hybridized carbons (Fsp3) is 0.500. The largest absolute Gasteiger partial charge is 0.336 e. The molecule has 1 saturated heterocycles. The Kier molecular flexibility index (Phi) is 4.69. The summed E-state index contributed by atoms with van der Waals surface area (Å²) in [6, 6.07) is 5.60. The molecular formula is C16H21N3O2S. The van der Waals surface area contributed by atoms with Crippen molar-refractivity contribution >= 4 is 29.3 Å². The van der Waals surface area contributed by atoms with E-state index in [1.807, 2.05) is 17.0 Å². The highest BCUT2D eigenvalue weighted by Gasteiger charge is 2.23. The van der Waals surface area contributed by atoms with Gasteiger partial charge in [0.25, 0.3) is 5.91 Å². The highest BCUT2D eigenvalue weighted by atomic mass is 32.2. The zero-order valence-corrected chi connectivity index (χ0v) is 13.6. The number of amides is 2. The quantitative estimate of drug-likeness (QED) is 0.924. The van der Waals surface area contributed by atoms with Crippen LogP contribution in [-0.2, 0) is 4.79 Å². The van der Waals surface area contributed by atoms with Crippen LogP contribution in [0.15, 0.2) is 23.1 Å². The molecule has 3 rings (SSSR count). The molecule has 0 aromatic heterocycles. The average Bonchev–Trinajstić information content (AvgIpc) is 2.54. The van der Waals surface area contributed by atoms with Gasteiger partial charge in [-0.3, -0.25) is 14.5 Å². The molecule has 0 unspecified atom stereocenters. The van der Waals surface area contributed by atoms with E-state index >= 15 is 0 Å². The summed E-state index contributed by atoms with van der Waals surface area (Å²) in [6.07, 6.45) is 1.15. The summed E-state index contributed by atoms with van der Waals surface area (Å²) in [4.78, 5) is 29.4. The van der Waals surface area contributed by atoms with Crippen LogP contribution >= 0.6 is 11.8 Å². The van der Waals surface area contributed by atoms with Gasteiger partial charge in [-0.25, -0.2) is 0 Å². The molecule has 6 heteroatoms. The first-order chi connectivity index (χ1) is 10.7. The van der Waals surface area contributed by atoms with Gasteiger partial charge >= 0.3 is 0 Å². The normalized spacial score (nSPS) is 18.8. The van der Waals surface area contributed by atoms with Crippen LogP contribution in [0.5, 0.6) is 0 Å². The van der Waals surface area contributed by atoms with Crippen molar-refractivity contribution in [1.29, 1.82) is 0 Å². The first kappa shape index (κ1) is 15.4. The number of nitrogens with one attached hydrogen (secondary N) is 1. The number of anilines is 1. The van der Waals surface area contributed by atoms with Gasteiger partial charge in [0.05, 0.1) is 11.4 Å². The highest BCUT2D eigenvalue weighted by Crippen LogP contribution is 2.32. The van der Waals surface area contributed by atoms with Gasteiger partial charge in [-0.15, -0.1) is 11.8 Å². The molecule has 2 aliphatic rings. The number of carbonyl (C=O) groups excluding carboxylic acids is 2. The van der Waals surface area contributed by atoms with Crippen molar-refractivity contribution in [2.45, 2.75) is 18.2 Å². The Balaban J connectivity index is 1.68. The van der Waals surface area contributed by atoms with Gasteiger partial charge in [0, 0.05) is 36.6 Å². The number of fused-ring (bicyclic) bond motifs is 1. The smallest absolute Gasteiger partial charge is 0.254 e. The molecule has 1 aromatic rings. The summed E-state index contributed by atoms with van der Waals surface area (Å²) in [5.41, 5.74) is 1.42. The molecule has 1 aromatic carbocycles.